The van der Waals surface area contributed by atoms with Crippen molar-refractivity contribution in [1.82, 2.24) is 4.90 Å². The minimum atomic E-state index is -3.45. The molecule has 0 aromatic heterocycles. The van der Waals surface area contributed by atoms with E-state index < -0.39 is 10.0 Å². The van der Waals surface area contributed by atoms with Crippen molar-refractivity contribution in [3.05, 3.63) is 59.4 Å². The Hall–Kier alpha value is -2.61. The van der Waals surface area contributed by atoms with Crippen LogP contribution in [-0.2, 0) is 14.8 Å². The van der Waals surface area contributed by atoms with Gasteiger partial charge >= 0.3 is 0 Å². The Labute approximate surface area is 184 Å². The summed E-state index contributed by atoms with van der Waals surface area (Å²) >= 11 is 0. The minimum absolute atomic E-state index is 0.0353. The molecular weight excluding hydrogens is 417 g/mol. The molecule has 1 amide bonds. The third-order valence-electron chi connectivity index (χ3n) is 5.61. The van der Waals surface area contributed by atoms with Gasteiger partial charge < -0.3 is 9.80 Å². The number of aryl methyl sites for hydroxylation is 2. The van der Waals surface area contributed by atoms with E-state index in [0.717, 1.165) is 16.8 Å². The van der Waals surface area contributed by atoms with Crippen LogP contribution >= 0.6 is 0 Å². The first-order chi connectivity index (χ1) is 14.6. The van der Waals surface area contributed by atoms with Crippen LogP contribution in [0, 0.1) is 19.7 Å². The zero-order chi connectivity index (χ0) is 22.6. The number of rotatable bonds is 7. The van der Waals surface area contributed by atoms with Crippen molar-refractivity contribution in [2.45, 2.75) is 26.7 Å². The van der Waals surface area contributed by atoms with Crippen molar-refractivity contribution in [3.8, 4) is 0 Å². The average Bonchev–Trinajstić information content (AvgIpc) is 2.73. The van der Waals surface area contributed by atoms with Gasteiger partial charge in [0.1, 0.15) is 5.82 Å². The summed E-state index contributed by atoms with van der Waals surface area (Å²) in [6, 6.07) is 12.1. The number of benzene rings is 2. The summed E-state index contributed by atoms with van der Waals surface area (Å²) in [7, 11) is -3.45. The number of halogens is 1. The maximum atomic E-state index is 13.1. The Bertz CT molecular complexity index is 1020. The molecule has 0 aliphatic carbocycles. The zero-order valence-corrected chi connectivity index (χ0v) is 19.2. The van der Waals surface area contributed by atoms with Crippen LogP contribution < -0.4 is 9.21 Å². The van der Waals surface area contributed by atoms with E-state index in [1.54, 1.807) is 12.1 Å². The molecule has 2 aromatic rings. The molecule has 0 atom stereocenters. The lowest BCUT2D eigenvalue weighted by Gasteiger charge is -2.36. The average molecular weight is 448 g/mol. The molecule has 1 heterocycles. The van der Waals surface area contributed by atoms with E-state index in [2.05, 4.69) is 4.90 Å². The van der Waals surface area contributed by atoms with Crippen LogP contribution in [-0.4, -0.2) is 58.2 Å². The summed E-state index contributed by atoms with van der Waals surface area (Å²) in [5.74, 6) is -0.227. The van der Waals surface area contributed by atoms with Crippen molar-refractivity contribution in [2.24, 2.45) is 0 Å². The topological polar surface area (TPSA) is 60.9 Å². The lowest BCUT2D eigenvalue weighted by Crippen LogP contribution is -2.48. The smallest absolute Gasteiger partial charge is 0.232 e. The monoisotopic (exact) mass is 447 g/mol. The molecule has 1 saturated heterocycles. The second kappa shape index (κ2) is 9.68. The van der Waals surface area contributed by atoms with Gasteiger partial charge in [0, 0.05) is 44.8 Å². The molecule has 6 nitrogen and oxygen atoms in total. The van der Waals surface area contributed by atoms with Crippen LogP contribution in [0.1, 0.15) is 24.0 Å². The second-order valence-corrected chi connectivity index (χ2v) is 9.98. The van der Waals surface area contributed by atoms with Gasteiger partial charge in [-0.15, -0.1) is 0 Å². The maximum Gasteiger partial charge on any atom is 0.232 e. The molecular formula is C23H30FN3O3S. The van der Waals surface area contributed by atoms with Crippen molar-refractivity contribution >= 4 is 27.3 Å². The lowest BCUT2D eigenvalue weighted by molar-refractivity contribution is -0.131. The number of sulfonamides is 1. The van der Waals surface area contributed by atoms with E-state index in [-0.39, 0.29) is 18.3 Å². The van der Waals surface area contributed by atoms with Crippen LogP contribution in [0.3, 0.4) is 0 Å². The van der Waals surface area contributed by atoms with E-state index in [4.69, 9.17) is 0 Å². The maximum absolute atomic E-state index is 13.1. The predicted molar refractivity (Wildman–Crippen MR) is 123 cm³/mol. The largest absolute Gasteiger partial charge is 0.368 e. The first kappa shape index (κ1) is 23.1. The quantitative estimate of drug-likeness (QED) is 0.653. The van der Waals surface area contributed by atoms with E-state index in [9.17, 15) is 17.6 Å². The minimum Gasteiger partial charge on any atom is -0.368 e. The molecule has 0 saturated carbocycles. The van der Waals surface area contributed by atoms with Gasteiger partial charge in [0.2, 0.25) is 15.9 Å². The van der Waals surface area contributed by atoms with Gasteiger partial charge in [0.05, 0.1) is 11.9 Å². The van der Waals surface area contributed by atoms with Gasteiger partial charge in [-0.25, -0.2) is 12.8 Å². The predicted octanol–water partition coefficient (Wildman–Crippen LogP) is 3.34. The number of hydrogen-bond acceptors (Lipinski definition) is 4. The summed E-state index contributed by atoms with van der Waals surface area (Å²) < 4.78 is 39.2. The van der Waals surface area contributed by atoms with Crippen LogP contribution in [0.2, 0.25) is 0 Å². The Balaban J connectivity index is 1.54. The van der Waals surface area contributed by atoms with Gasteiger partial charge in [-0.05, 0) is 61.7 Å². The molecule has 0 bridgehead atoms. The lowest BCUT2D eigenvalue weighted by atomic mass is 10.1. The van der Waals surface area contributed by atoms with Crippen LogP contribution in [0.25, 0.3) is 0 Å². The molecule has 168 valence electrons. The molecule has 0 unspecified atom stereocenters. The molecule has 2 aromatic carbocycles. The Morgan fingerprint density at radius 3 is 2.29 bits per heavy atom. The standard InChI is InChI=1S/C23H30FN3O3S/c1-18-6-7-19(2)22(17-18)27(31(3,29)30)12-4-5-23(28)26-15-13-25(14-16-26)21-10-8-20(24)9-11-21/h6-11,17H,4-5,12-16H2,1-3H3. The fraction of sp³-hybridized carbons (Fsp3) is 0.435. The highest BCUT2D eigenvalue weighted by Gasteiger charge is 2.23. The van der Waals surface area contributed by atoms with Crippen molar-refractivity contribution in [2.75, 3.05) is 48.2 Å². The number of anilines is 2. The molecule has 1 fully saturated rings. The van der Waals surface area contributed by atoms with Gasteiger partial charge in [-0.3, -0.25) is 9.10 Å². The number of hydrogen-bond donors (Lipinski definition) is 0. The van der Waals surface area contributed by atoms with Crippen molar-refractivity contribution in [3.63, 3.8) is 0 Å². The SMILES string of the molecule is Cc1ccc(C)c(N(CCCC(=O)N2CCN(c3ccc(F)cc3)CC2)S(C)(=O)=O)c1. The van der Waals surface area contributed by atoms with E-state index >= 15 is 0 Å². The molecule has 0 N–H and O–H groups in total. The zero-order valence-electron chi connectivity index (χ0n) is 18.3. The summed E-state index contributed by atoms with van der Waals surface area (Å²) in [5.41, 5.74) is 3.50. The van der Waals surface area contributed by atoms with Gasteiger partial charge in [-0.1, -0.05) is 12.1 Å². The molecule has 0 spiro atoms. The van der Waals surface area contributed by atoms with Gasteiger partial charge in [-0.2, -0.15) is 0 Å². The highest BCUT2D eigenvalue weighted by molar-refractivity contribution is 7.92. The van der Waals surface area contributed by atoms with Crippen LogP contribution in [0.15, 0.2) is 42.5 Å². The highest BCUT2D eigenvalue weighted by Crippen LogP contribution is 2.24. The first-order valence-electron chi connectivity index (χ1n) is 10.5. The third kappa shape index (κ3) is 5.97. The van der Waals surface area contributed by atoms with Gasteiger partial charge in [0.15, 0.2) is 0 Å². The van der Waals surface area contributed by atoms with E-state index in [1.165, 1.54) is 22.7 Å². The molecule has 0 radical (unpaired) electrons. The summed E-state index contributed by atoms with van der Waals surface area (Å²) in [6.45, 7) is 6.66. The van der Waals surface area contributed by atoms with Gasteiger partial charge in [0.25, 0.3) is 0 Å². The Morgan fingerprint density at radius 2 is 1.68 bits per heavy atom. The number of nitrogens with zero attached hydrogens (tertiary/aromatic N) is 3. The Kier molecular flexibility index (Phi) is 7.20. The van der Waals surface area contributed by atoms with Crippen molar-refractivity contribution in [1.29, 1.82) is 0 Å². The van der Waals surface area contributed by atoms with Crippen LogP contribution in [0.5, 0.6) is 0 Å². The first-order valence-corrected chi connectivity index (χ1v) is 12.3. The fourth-order valence-electron chi connectivity index (χ4n) is 3.85. The normalized spacial score (nSPS) is 14.6. The highest BCUT2D eigenvalue weighted by atomic mass is 32.2. The molecule has 1 aliphatic heterocycles. The van der Waals surface area contributed by atoms with E-state index in [1.807, 2.05) is 36.9 Å². The summed E-state index contributed by atoms with van der Waals surface area (Å²) in [5, 5.41) is 0. The van der Waals surface area contributed by atoms with Crippen molar-refractivity contribution < 1.29 is 17.6 Å². The number of carbonyl (C=O) groups is 1. The third-order valence-corrected chi connectivity index (χ3v) is 6.79. The Morgan fingerprint density at radius 1 is 1.03 bits per heavy atom. The fourth-order valence-corrected chi connectivity index (χ4v) is 4.87. The molecule has 8 heteroatoms. The molecule has 31 heavy (non-hydrogen) atoms. The van der Waals surface area contributed by atoms with Crippen LogP contribution in [0.4, 0.5) is 15.8 Å². The van der Waals surface area contributed by atoms with E-state index in [0.29, 0.717) is 44.7 Å². The summed E-state index contributed by atoms with van der Waals surface area (Å²) in [6.07, 6.45) is 1.95. The summed E-state index contributed by atoms with van der Waals surface area (Å²) in [4.78, 5) is 16.6. The number of carbonyl (C=O) groups excluding carboxylic acids is 1. The number of amides is 1. The number of piperazine rings is 1. The second-order valence-electron chi connectivity index (χ2n) is 8.07. The molecule has 3 rings (SSSR count). The molecule has 1 aliphatic rings.